The van der Waals surface area contributed by atoms with Gasteiger partial charge in [0.15, 0.2) is 0 Å². The molecule has 0 radical (unpaired) electrons. The van der Waals surface area contributed by atoms with Gasteiger partial charge in [-0.15, -0.1) is 0 Å². The Hall–Kier alpha value is -2.34. The van der Waals surface area contributed by atoms with E-state index >= 15 is 0 Å². The average Bonchev–Trinajstić information content (AvgIpc) is 3.04. The van der Waals surface area contributed by atoms with Crippen LogP contribution in [0.2, 0.25) is 0 Å². The van der Waals surface area contributed by atoms with Crippen LogP contribution >= 0.6 is 0 Å². The maximum absolute atomic E-state index is 9.53. The standard InChI is InChI=1S/C14H17N5O/c1-10(7-18-5-4-16-9-18)19-13-3-2-11(15)6-12(13)17-14(19)8-20/h2-6,9-10,20H,7-8,15H2,1H3. The van der Waals surface area contributed by atoms with Crippen molar-refractivity contribution in [1.82, 2.24) is 19.1 Å². The number of nitrogens with two attached hydrogens (primary N) is 1. The van der Waals surface area contributed by atoms with E-state index in [1.807, 2.05) is 29.0 Å². The molecular weight excluding hydrogens is 254 g/mol. The molecular formula is C14H17N5O. The van der Waals surface area contributed by atoms with Crippen LogP contribution in [0.25, 0.3) is 11.0 Å². The van der Waals surface area contributed by atoms with Gasteiger partial charge in [0, 0.05) is 24.6 Å². The second-order valence-electron chi connectivity index (χ2n) is 4.91. The third kappa shape index (κ3) is 2.14. The van der Waals surface area contributed by atoms with Crippen LogP contribution in [-0.4, -0.2) is 24.2 Å². The molecule has 0 aliphatic heterocycles. The van der Waals surface area contributed by atoms with Gasteiger partial charge in [-0.2, -0.15) is 0 Å². The first kappa shape index (κ1) is 12.7. The molecule has 1 aromatic carbocycles. The van der Waals surface area contributed by atoms with Crippen molar-refractivity contribution in [3.63, 3.8) is 0 Å². The fraction of sp³-hybridized carbons (Fsp3) is 0.286. The van der Waals surface area contributed by atoms with Crippen LogP contribution in [0.3, 0.4) is 0 Å². The second-order valence-corrected chi connectivity index (χ2v) is 4.91. The number of fused-ring (bicyclic) bond motifs is 1. The van der Waals surface area contributed by atoms with Gasteiger partial charge in [-0.3, -0.25) is 0 Å². The molecule has 0 saturated carbocycles. The molecule has 104 valence electrons. The molecule has 3 aromatic rings. The molecule has 3 rings (SSSR count). The highest BCUT2D eigenvalue weighted by atomic mass is 16.3. The summed E-state index contributed by atoms with van der Waals surface area (Å²) >= 11 is 0. The molecule has 1 unspecified atom stereocenters. The van der Waals surface area contributed by atoms with Gasteiger partial charge in [-0.1, -0.05) is 0 Å². The Bertz CT molecular complexity index is 717. The van der Waals surface area contributed by atoms with E-state index in [1.165, 1.54) is 0 Å². The molecule has 3 N–H and O–H groups in total. The first-order valence-electron chi connectivity index (χ1n) is 6.52. The Morgan fingerprint density at radius 2 is 2.25 bits per heavy atom. The zero-order valence-electron chi connectivity index (χ0n) is 11.3. The molecule has 0 fully saturated rings. The molecule has 2 aromatic heterocycles. The number of imidazole rings is 2. The maximum atomic E-state index is 9.53. The van der Waals surface area contributed by atoms with Crippen LogP contribution in [0.15, 0.2) is 36.9 Å². The summed E-state index contributed by atoms with van der Waals surface area (Å²) in [6, 6.07) is 5.78. The molecule has 0 saturated heterocycles. The number of nitrogens with zero attached hydrogens (tertiary/aromatic N) is 4. The van der Waals surface area contributed by atoms with Gasteiger partial charge in [0.1, 0.15) is 12.4 Å². The Balaban J connectivity index is 2.04. The lowest BCUT2D eigenvalue weighted by Gasteiger charge is -2.17. The van der Waals surface area contributed by atoms with E-state index in [0.717, 1.165) is 17.6 Å². The third-order valence-corrected chi connectivity index (χ3v) is 3.40. The summed E-state index contributed by atoms with van der Waals surface area (Å²) < 4.78 is 4.06. The monoisotopic (exact) mass is 271 g/mol. The molecule has 0 bridgehead atoms. The lowest BCUT2D eigenvalue weighted by Crippen LogP contribution is -2.15. The van der Waals surface area contributed by atoms with Crippen molar-refractivity contribution in [3.8, 4) is 0 Å². The predicted molar refractivity (Wildman–Crippen MR) is 77.0 cm³/mol. The van der Waals surface area contributed by atoms with Crippen LogP contribution in [-0.2, 0) is 13.2 Å². The van der Waals surface area contributed by atoms with Crippen molar-refractivity contribution < 1.29 is 5.11 Å². The number of aromatic nitrogens is 4. The average molecular weight is 271 g/mol. The van der Waals surface area contributed by atoms with Crippen molar-refractivity contribution in [2.45, 2.75) is 26.1 Å². The second kappa shape index (κ2) is 4.97. The Morgan fingerprint density at radius 3 is 2.95 bits per heavy atom. The number of hydrogen-bond donors (Lipinski definition) is 2. The highest BCUT2D eigenvalue weighted by molar-refractivity contribution is 5.79. The van der Waals surface area contributed by atoms with Crippen LogP contribution in [0, 0.1) is 0 Å². The fourth-order valence-electron chi connectivity index (χ4n) is 2.55. The predicted octanol–water partition coefficient (Wildman–Crippen LogP) is 1.57. The summed E-state index contributed by atoms with van der Waals surface area (Å²) in [6.07, 6.45) is 5.46. The fourth-order valence-corrected chi connectivity index (χ4v) is 2.55. The zero-order chi connectivity index (χ0) is 14.1. The zero-order valence-corrected chi connectivity index (χ0v) is 11.3. The SMILES string of the molecule is CC(Cn1ccnc1)n1c(CO)nc2cc(N)ccc21. The van der Waals surface area contributed by atoms with Crippen molar-refractivity contribution in [3.05, 3.63) is 42.7 Å². The quantitative estimate of drug-likeness (QED) is 0.706. The van der Waals surface area contributed by atoms with Crippen LogP contribution < -0.4 is 5.73 Å². The van der Waals surface area contributed by atoms with Crippen LogP contribution in [0.5, 0.6) is 0 Å². The number of nitrogen functional groups attached to an aromatic ring is 1. The van der Waals surface area contributed by atoms with Gasteiger partial charge in [0.2, 0.25) is 0 Å². The minimum Gasteiger partial charge on any atom is -0.399 e. The molecule has 2 heterocycles. The number of benzene rings is 1. The normalized spacial score (nSPS) is 12.9. The summed E-state index contributed by atoms with van der Waals surface area (Å²) in [4.78, 5) is 8.50. The Morgan fingerprint density at radius 1 is 1.40 bits per heavy atom. The largest absolute Gasteiger partial charge is 0.399 e. The number of aliphatic hydroxyl groups is 1. The van der Waals surface area contributed by atoms with E-state index in [1.54, 1.807) is 12.5 Å². The molecule has 1 atom stereocenters. The minimum absolute atomic E-state index is 0.0944. The van der Waals surface area contributed by atoms with Gasteiger partial charge in [-0.05, 0) is 25.1 Å². The highest BCUT2D eigenvalue weighted by Crippen LogP contribution is 2.24. The molecule has 6 heteroatoms. The lowest BCUT2D eigenvalue weighted by molar-refractivity contribution is 0.260. The molecule has 6 nitrogen and oxygen atoms in total. The summed E-state index contributed by atoms with van der Waals surface area (Å²) in [5.41, 5.74) is 8.26. The van der Waals surface area contributed by atoms with Gasteiger partial charge in [0.25, 0.3) is 0 Å². The van der Waals surface area contributed by atoms with E-state index in [4.69, 9.17) is 5.73 Å². The van der Waals surface area contributed by atoms with Crippen LogP contribution in [0.1, 0.15) is 18.8 Å². The first-order valence-corrected chi connectivity index (χ1v) is 6.52. The minimum atomic E-state index is -0.0944. The van der Waals surface area contributed by atoms with Crippen molar-refractivity contribution >= 4 is 16.7 Å². The Labute approximate surface area is 116 Å². The highest BCUT2D eigenvalue weighted by Gasteiger charge is 2.15. The van der Waals surface area contributed by atoms with Crippen molar-refractivity contribution in [2.75, 3.05) is 5.73 Å². The number of hydrogen-bond acceptors (Lipinski definition) is 4. The molecule has 20 heavy (non-hydrogen) atoms. The van der Waals surface area contributed by atoms with Gasteiger partial charge in [0.05, 0.1) is 23.4 Å². The smallest absolute Gasteiger partial charge is 0.136 e. The van der Waals surface area contributed by atoms with Crippen molar-refractivity contribution in [2.24, 2.45) is 0 Å². The first-order chi connectivity index (χ1) is 9.69. The summed E-state index contributed by atoms with van der Waals surface area (Å²) in [5, 5.41) is 9.53. The van der Waals surface area contributed by atoms with Gasteiger partial charge < -0.3 is 20.0 Å². The number of rotatable bonds is 4. The number of anilines is 1. The van der Waals surface area contributed by atoms with E-state index < -0.39 is 0 Å². The molecule has 0 aliphatic carbocycles. The third-order valence-electron chi connectivity index (χ3n) is 3.40. The Kier molecular flexibility index (Phi) is 3.15. The van der Waals surface area contributed by atoms with E-state index in [-0.39, 0.29) is 12.6 Å². The summed E-state index contributed by atoms with van der Waals surface area (Å²) in [7, 11) is 0. The van der Waals surface area contributed by atoms with E-state index in [2.05, 4.69) is 21.5 Å². The summed E-state index contributed by atoms with van der Waals surface area (Å²) in [5.74, 6) is 0.651. The van der Waals surface area contributed by atoms with E-state index in [0.29, 0.717) is 11.5 Å². The maximum Gasteiger partial charge on any atom is 0.136 e. The lowest BCUT2D eigenvalue weighted by atomic mass is 10.2. The van der Waals surface area contributed by atoms with E-state index in [9.17, 15) is 5.11 Å². The number of aliphatic hydroxyl groups excluding tert-OH is 1. The summed E-state index contributed by atoms with van der Waals surface area (Å²) in [6.45, 7) is 2.77. The molecule has 0 spiro atoms. The van der Waals surface area contributed by atoms with Gasteiger partial charge >= 0.3 is 0 Å². The molecule has 0 aliphatic rings. The van der Waals surface area contributed by atoms with Crippen LogP contribution in [0.4, 0.5) is 5.69 Å². The molecule has 0 amide bonds. The van der Waals surface area contributed by atoms with Crippen molar-refractivity contribution in [1.29, 1.82) is 0 Å². The topological polar surface area (TPSA) is 81.9 Å². The van der Waals surface area contributed by atoms with Gasteiger partial charge in [-0.25, -0.2) is 9.97 Å².